The van der Waals surface area contributed by atoms with Crippen molar-refractivity contribution in [2.24, 2.45) is 0 Å². The number of carbonyl (C=O) groups excluding carboxylic acids is 1. The van der Waals surface area contributed by atoms with Crippen LogP contribution in [0.25, 0.3) is 0 Å². The van der Waals surface area contributed by atoms with Gasteiger partial charge in [-0.25, -0.2) is 4.98 Å². The molecule has 1 aromatic heterocycles. The SMILES string of the molecule is O=C(CN1CCN(c2ccc(Cl)cn2)CC1)Nc1ccccc1Oc1ccccc1. The van der Waals surface area contributed by atoms with Gasteiger partial charge in [0.2, 0.25) is 5.91 Å². The summed E-state index contributed by atoms with van der Waals surface area (Å²) < 4.78 is 5.92. The molecule has 4 rings (SSSR count). The van der Waals surface area contributed by atoms with E-state index in [1.54, 1.807) is 6.20 Å². The summed E-state index contributed by atoms with van der Waals surface area (Å²) in [4.78, 5) is 21.3. The van der Waals surface area contributed by atoms with Crippen molar-refractivity contribution in [1.29, 1.82) is 0 Å². The second-order valence-electron chi connectivity index (χ2n) is 7.06. The fourth-order valence-electron chi connectivity index (χ4n) is 3.36. The molecule has 30 heavy (non-hydrogen) atoms. The number of halogens is 1. The Bertz CT molecular complexity index is 974. The van der Waals surface area contributed by atoms with Gasteiger partial charge in [0.05, 0.1) is 17.3 Å². The van der Waals surface area contributed by atoms with Crippen molar-refractivity contribution < 1.29 is 9.53 Å². The van der Waals surface area contributed by atoms with Crippen LogP contribution in [0.15, 0.2) is 72.9 Å². The van der Waals surface area contributed by atoms with E-state index in [1.807, 2.05) is 66.7 Å². The van der Waals surface area contributed by atoms with Gasteiger partial charge in [-0.3, -0.25) is 9.69 Å². The lowest BCUT2D eigenvalue weighted by molar-refractivity contribution is -0.117. The third kappa shape index (κ3) is 5.28. The maximum absolute atomic E-state index is 12.6. The van der Waals surface area contributed by atoms with Gasteiger partial charge in [0.25, 0.3) is 0 Å². The molecule has 1 aliphatic rings. The maximum atomic E-state index is 12.6. The number of pyridine rings is 1. The molecule has 1 amide bonds. The summed E-state index contributed by atoms with van der Waals surface area (Å²) >= 11 is 5.91. The Labute approximate surface area is 181 Å². The van der Waals surface area contributed by atoms with Gasteiger partial charge in [0, 0.05) is 32.4 Å². The molecule has 0 unspecified atom stereocenters. The molecule has 0 spiro atoms. The fourth-order valence-corrected chi connectivity index (χ4v) is 3.47. The van der Waals surface area contributed by atoms with Crippen molar-refractivity contribution in [2.45, 2.75) is 0 Å². The third-order valence-electron chi connectivity index (χ3n) is 4.91. The summed E-state index contributed by atoms with van der Waals surface area (Å²) in [7, 11) is 0. The van der Waals surface area contributed by atoms with Gasteiger partial charge in [-0.1, -0.05) is 41.9 Å². The molecule has 0 aliphatic carbocycles. The van der Waals surface area contributed by atoms with Gasteiger partial charge in [-0.15, -0.1) is 0 Å². The number of anilines is 2. The number of rotatable bonds is 6. The Morgan fingerprint density at radius 3 is 2.43 bits per heavy atom. The summed E-state index contributed by atoms with van der Waals surface area (Å²) in [5, 5.41) is 3.61. The molecule has 0 bridgehead atoms. The minimum Gasteiger partial charge on any atom is -0.455 e. The highest BCUT2D eigenvalue weighted by Gasteiger charge is 2.20. The monoisotopic (exact) mass is 422 g/mol. The molecule has 154 valence electrons. The number of aromatic nitrogens is 1. The van der Waals surface area contributed by atoms with E-state index in [1.165, 1.54) is 0 Å². The molecule has 0 atom stereocenters. The molecule has 1 saturated heterocycles. The minimum atomic E-state index is -0.0582. The molecule has 3 aromatic rings. The van der Waals surface area contributed by atoms with E-state index in [0.717, 1.165) is 37.7 Å². The van der Waals surface area contributed by atoms with E-state index in [2.05, 4.69) is 20.1 Å². The summed E-state index contributed by atoms with van der Waals surface area (Å²) in [6.07, 6.45) is 1.66. The number of nitrogens with zero attached hydrogens (tertiary/aromatic N) is 3. The standard InChI is InChI=1S/C23H23ClN4O2/c24-18-10-11-22(25-16-18)28-14-12-27(13-15-28)17-23(29)26-20-8-4-5-9-21(20)30-19-6-2-1-3-7-19/h1-11,16H,12-15,17H2,(H,26,29). The van der Waals surface area contributed by atoms with E-state index < -0.39 is 0 Å². The lowest BCUT2D eigenvalue weighted by atomic mass is 10.2. The third-order valence-corrected chi connectivity index (χ3v) is 5.13. The zero-order valence-corrected chi connectivity index (χ0v) is 17.3. The van der Waals surface area contributed by atoms with Crippen molar-refractivity contribution in [3.8, 4) is 11.5 Å². The molecule has 1 aliphatic heterocycles. The van der Waals surface area contributed by atoms with E-state index in [4.69, 9.17) is 16.3 Å². The van der Waals surface area contributed by atoms with Crippen LogP contribution < -0.4 is 15.0 Å². The first-order chi connectivity index (χ1) is 14.7. The van der Waals surface area contributed by atoms with E-state index >= 15 is 0 Å². The predicted octanol–water partition coefficient (Wildman–Crippen LogP) is 4.29. The number of ether oxygens (including phenoxy) is 1. The number of hydrogen-bond donors (Lipinski definition) is 1. The number of benzene rings is 2. The molecular weight excluding hydrogens is 400 g/mol. The van der Waals surface area contributed by atoms with Crippen LogP contribution >= 0.6 is 11.6 Å². The fraction of sp³-hybridized carbons (Fsp3) is 0.217. The van der Waals surface area contributed by atoms with E-state index in [0.29, 0.717) is 23.0 Å². The van der Waals surface area contributed by atoms with E-state index in [-0.39, 0.29) is 5.91 Å². The Morgan fingerprint density at radius 1 is 0.967 bits per heavy atom. The highest BCUT2D eigenvalue weighted by molar-refractivity contribution is 6.30. The number of hydrogen-bond acceptors (Lipinski definition) is 5. The van der Waals surface area contributed by atoms with Crippen LogP contribution in [0.2, 0.25) is 5.02 Å². The second-order valence-corrected chi connectivity index (χ2v) is 7.49. The average Bonchev–Trinajstić information content (AvgIpc) is 2.77. The van der Waals surface area contributed by atoms with Gasteiger partial charge in [0.15, 0.2) is 5.75 Å². The highest BCUT2D eigenvalue weighted by Crippen LogP contribution is 2.29. The van der Waals surface area contributed by atoms with Crippen LogP contribution in [-0.2, 0) is 4.79 Å². The Balaban J connectivity index is 1.31. The molecule has 1 fully saturated rings. The van der Waals surface area contributed by atoms with Gasteiger partial charge in [-0.2, -0.15) is 0 Å². The first-order valence-corrected chi connectivity index (χ1v) is 10.3. The molecule has 6 nitrogen and oxygen atoms in total. The molecule has 0 radical (unpaired) electrons. The van der Waals surface area contributed by atoms with Crippen LogP contribution in [-0.4, -0.2) is 48.5 Å². The summed E-state index contributed by atoms with van der Waals surface area (Å²) in [6, 6.07) is 20.8. The number of amides is 1. The average molecular weight is 423 g/mol. The number of piperazine rings is 1. The highest BCUT2D eigenvalue weighted by atomic mass is 35.5. The molecule has 1 N–H and O–H groups in total. The van der Waals surface area contributed by atoms with Crippen LogP contribution in [0.1, 0.15) is 0 Å². The van der Waals surface area contributed by atoms with Gasteiger partial charge < -0.3 is 15.0 Å². The van der Waals surface area contributed by atoms with Gasteiger partial charge in [-0.05, 0) is 36.4 Å². The smallest absolute Gasteiger partial charge is 0.238 e. The van der Waals surface area contributed by atoms with Crippen LogP contribution in [0.5, 0.6) is 11.5 Å². The summed E-state index contributed by atoms with van der Waals surface area (Å²) in [5.74, 6) is 2.20. The maximum Gasteiger partial charge on any atom is 0.238 e. The van der Waals surface area contributed by atoms with E-state index in [9.17, 15) is 4.79 Å². The topological polar surface area (TPSA) is 57.7 Å². The zero-order valence-electron chi connectivity index (χ0n) is 16.5. The summed E-state index contributed by atoms with van der Waals surface area (Å²) in [6.45, 7) is 3.55. The van der Waals surface area contributed by atoms with Crippen LogP contribution in [0.3, 0.4) is 0 Å². The predicted molar refractivity (Wildman–Crippen MR) is 119 cm³/mol. The quantitative estimate of drug-likeness (QED) is 0.642. The Morgan fingerprint density at radius 2 is 1.70 bits per heavy atom. The molecule has 0 saturated carbocycles. The zero-order chi connectivity index (χ0) is 20.8. The Hall–Kier alpha value is -3.09. The number of nitrogens with one attached hydrogen (secondary N) is 1. The van der Waals surface area contributed by atoms with Crippen LogP contribution in [0, 0.1) is 0 Å². The molecule has 2 aromatic carbocycles. The normalized spacial score (nSPS) is 14.4. The van der Waals surface area contributed by atoms with Crippen molar-refractivity contribution in [3.05, 3.63) is 77.9 Å². The number of carbonyl (C=O) groups is 1. The number of para-hydroxylation sites is 3. The van der Waals surface area contributed by atoms with Crippen molar-refractivity contribution in [3.63, 3.8) is 0 Å². The van der Waals surface area contributed by atoms with Crippen molar-refractivity contribution in [2.75, 3.05) is 42.9 Å². The summed E-state index contributed by atoms with van der Waals surface area (Å²) in [5.41, 5.74) is 0.662. The first-order valence-electron chi connectivity index (χ1n) is 9.88. The first kappa shape index (κ1) is 20.2. The second kappa shape index (κ2) is 9.61. The molecular formula is C23H23ClN4O2. The van der Waals surface area contributed by atoms with Crippen LogP contribution in [0.4, 0.5) is 11.5 Å². The van der Waals surface area contributed by atoms with Gasteiger partial charge in [0.1, 0.15) is 11.6 Å². The van der Waals surface area contributed by atoms with Gasteiger partial charge >= 0.3 is 0 Å². The molecule has 2 heterocycles. The lowest BCUT2D eigenvalue weighted by Gasteiger charge is -2.35. The molecule has 7 heteroatoms. The van der Waals surface area contributed by atoms with Crippen molar-refractivity contribution in [1.82, 2.24) is 9.88 Å². The Kier molecular flexibility index (Phi) is 6.47. The van der Waals surface area contributed by atoms with Crippen molar-refractivity contribution >= 4 is 29.0 Å². The lowest BCUT2D eigenvalue weighted by Crippen LogP contribution is -2.48. The minimum absolute atomic E-state index is 0.0582. The largest absolute Gasteiger partial charge is 0.455 e.